The zero-order chi connectivity index (χ0) is 11.4. The van der Waals surface area contributed by atoms with Crippen LogP contribution in [0.1, 0.15) is 35.3 Å². The van der Waals surface area contributed by atoms with Gasteiger partial charge in [-0.05, 0) is 20.3 Å². The van der Waals surface area contributed by atoms with Gasteiger partial charge in [0.05, 0.1) is 15.6 Å². The lowest BCUT2D eigenvalue weighted by Gasteiger charge is -1.96. The predicted octanol–water partition coefficient (Wildman–Crippen LogP) is 3.03. The van der Waals surface area contributed by atoms with Gasteiger partial charge in [0.25, 0.3) is 0 Å². The number of aliphatic hydroxyl groups is 1. The lowest BCUT2D eigenvalue weighted by molar-refractivity contribution is -0.114. The molecule has 0 aliphatic carbocycles. The smallest absolute Gasteiger partial charge is 0.159 e. The van der Waals surface area contributed by atoms with Crippen LogP contribution in [0.3, 0.4) is 0 Å². The van der Waals surface area contributed by atoms with Crippen LogP contribution in [0.15, 0.2) is 6.08 Å². The first-order valence-electron chi connectivity index (χ1n) is 4.92. The number of ketones is 1. The fourth-order valence-corrected chi connectivity index (χ4v) is 2.14. The molecule has 3 nitrogen and oxygen atoms in total. The standard InChI is InChI=1S/C11H15NO2S/c1-4-5-9(13)6-10(14)11-7(2)12-8(3)15-11/h6,14H,4-5H2,1-3H3. The van der Waals surface area contributed by atoms with E-state index in [0.29, 0.717) is 11.3 Å². The Balaban J connectivity index is 2.88. The van der Waals surface area contributed by atoms with E-state index in [9.17, 15) is 9.90 Å². The number of aryl methyl sites for hydroxylation is 2. The molecule has 0 spiro atoms. The molecule has 0 aliphatic rings. The minimum Gasteiger partial charge on any atom is -0.506 e. The quantitative estimate of drug-likeness (QED) is 0.633. The van der Waals surface area contributed by atoms with Gasteiger partial charge in [0, 0.05) is 12.5 Å². The van der Waals surface area contributed by atoms with Gasteiger partial charge in [0.15, 0.2) is 5.78 Å². The van der Waals surface area contributed by atoms with Crippen molar-refractivity contribution in [3.05, 3.63) is 21.7 Å². The summed E-state index contributed by atoms with van der Waals surface area (Å²) in [5.41, 5.74) is 0.774. The number of nitrogens with zero attached hydrogens (tertiary/aromatic N) is 1. The maximum atomic E-state index is 11.3. The van der Waals surface area contributed by atoms with E-state index in [4.69, 9.17) is 0 Å². The van der Waals surface area contributed by atoms with Gasteiger partial charge < -0.3 is 5.11 Å². The van der Waals surface area contributed by atoms with Gasteiger partial charge in [-0.15, -0.1) is 11.3 Å². The first-order valence-corrected chi connectivity index (χ1v) is 5.74. The lowest BCUT2D eigenvalue weighted by atomic mass is 10.2. The molecule has 0 amide bonds. The van der Waals surface area contributed by atoms with Crippen molar-refractivity contribution in [1.82, 2.24) is 4.98 Å². The summed E-state index contributed by atoms with van der Waals surface area (Å²) in [5, 5.41) is 10.6. The number of aliphatic hydroxyl groups excluding tert-OH is 1. The van der Waals surface area contributed by atoms with Crippen LogP contribution in [-0.4, -0.2) is 15.9 Å². The van der Waals surface area contributed by atoms with Crippen molar-refractivity contribution in [3.63, 3.8) is 0 Å². The van der Waals surface area contributed by atoms with Crippen molar-refractivity contribution in [2.24, 2.45) is 0 Å². The first kappa shape index (κ1) is 11.9. The maximum Gasteiger partial charge on any atom is 0.159 e. The molecule has 0 fully saturated rings. The second-order valence-corrected chi connectivity index (χ2v) is 4.60. The van der Waals surface area contributed by atoms with Crippen LogP contribution in [0, 0.1) is 13.8 Å². The van der Waals surface area contributed by atoms with Gasteiger partial charge in [-0.1, -0.05) is 6.92 Å². The Labute approximate surface area is 93.5 Å². The predicted molar refractivity (Wildman–Crippen MR) is 62.1 cm³/mol. The molecular formula is C11H15NO2S. The van der Waals surface area contributed by atoms with Gasteiger partial charge in [-0.3, -0.25) is 4.79 Å². The molecule has 1 aromatic heterocycles. The number of thiazole rings is 1. The third kappa shape index (κ3) is 3.16. The third-order valence-corrected chi connectivity index (χ3v) is 3.03. The van der Waals surface area contributed by atoms with Gasteiger partial charge >= 0.3 is 0 Å². The van der Waals surface area contributed by atoms with Gasteiger partial charge in [-0.25, -0.2) is 4.98 Å². The highest BCUT2D eigenvalue weighted by Crippen LogP contribution is 2.23. The largest absolute Gasteiger partial charge is 0.506 e. The van der Waals surface area contributed by atoms with Crippen molar-refractivity contribution < 1.29 is 9.90 Å². The molecule has 0 bridgehead atoms. The molecule has 15 heavy (non-hydrogen) atoms. The number of hydrogen-bond acceptors (Lipinski definition) is 4. The highest BCUT2D eigenvalue weighted by atomic mass is 32.1. The summed E-state index contributed by atoms with van der Waals surface area (Å²) in [6.45, 7) is 5.64. The summed E-state index contributed by atoms with van der Waals surface area (Å²) in [4.78, 5) is 16.2. The van der Waals surface area contributed by atoms with E-state index in [0.717, 1.165) is 17.1 Å². The average molecular weight is 225 g/mol. The molecule has 1 N–H and O–H groups in total. The molecule has 1 heterocycles. The van der Waals surface area contributed by atoms with E-state index in [1.165, 1.54) is 17.4 Å². The molecule has 0 saturated heterocycles. The Hall–Kier alpha value is -1.16. The zero-order valence-corrected chi connectivity index (χ0v) is 10.0. The topological polar surface area (TPSA) is 50.2 Å². The Kier molecular flexibility index (Phi) is 4.03. The molecule has 0 radical (unpaired) electrons. The Morgan fingerprint density at radius 3 is 2.67 bits per heavy atom. The molecule has 0 atom stereocenters. The fraction of sp³-hybridized carbons (Fsp3) is 0.455. The molecule has 0 aliphatic heterocycles. The van der Waals surface area contributed by atoms with E-state index in [1.807, 2.05) is 20.8 Å². The molecule has 1 aromatic rings. The van der Waals surface area contributed by atoms with Gasteiger partial charge in [-0.2, -0.15) is 0 Å². The summed E-state index contributed by atoms with van der Waals surface area (Å²) in [6, 6.07) is 0. The summed E-state index contributed by atoms with van der Waals surface area (Å²) < 4.78 is 0. The van der Waals surface area contributed by atoms with E-state index in [-0.39, 0.29) is 11.5 Å². The Bertz CT molecular complexity index is 393. The Morgan fingerprint density at radius 2 is 2.20 bits per heavy atom. The average Bonchev–Trinajstić information content (AvgIpc) is 2.45. The molecule has 0 unspecified atom stereocenters. The van der Waals surface area contributed by atoms with Crippen molar-refractivity contribution in [3.8, 4) is 0 Å². The minimum atomic E-state index is -0.0412. The normalized spacial score (nSPS) is 11.8. The highest BCUT2D eigenvalue weighted by Gasteiger charge is 2.10. The lowest BCUT2D eigenvalue weighted by Crippen LogP contribution is -1.93. The molecule has 0 aromatic carbocycles. The van der Waals surface area contributed by atoms with E-state index in [1.54, 1.807) is 0 Å². The number of allylic oxidation sites excluding steroid dienone is 1. The maximum absolute atomic E-state index is 11.3. The van der Waals surface area contributed by atoms with Gasteiger partial charge in [0.2, 0.25) is 0 Å². The second kappa shape index (κ2) is 5.07. The van der Waals surface area contributed by atoms with Crippen LogP contribution < -0.4 is 0 Å². The second-order valence-electron chi connectivity index (χ2n) is 3.39. The number of carbonyl (C=O) groups excluding carboxylic acids is 1. The monoisotopic (exact) mass is 225 g/mol. The summed E-state index contributed by atoms with van der Waals surface area (Å²) in [7, 11) is 0. The number of carbonyl (C=O) groups is 1. The number of hydrogen-bond donors (Lipinski definition) is 1. The molecule has 0 saturated carbocycles. The SMILES string of the molecule is CCCC(=O)C=C(O)c1sc(C)nc1C. The summed E-state index contributed by atoms with van der Waals surface area (Å²) >= 11 is 1.40. The molecule has 4 heteroatoms. The minimum absolute atomic E-state index is 0.0385. The highest BCUT2D eigenvalue weighted by molar-refractivity contribution is 7.12. The van der Waals surface area contributed by atoms with Crippen molar-refractivity contribution in [1.29, 1.82) is 0 Å². The van der Waals surface area contributed by atoms with Crippen molar-refractivity contribution >= 4 is 22.9 Å². The Morgan fingerprint density at radius 1 is 1.53 bits per heavy atom. The van der Waals surface area contributed by atoms with Crippen LogP contribution in [0.2, 0.25) is 0 Å². The number of rotatable bonds is 4. The summed E-state index contributed by atoms with van der Waals surface area (Å²) in [6.07, 6.45) is 2.56. The zero-order valence-electron chi connectivity index (χ0n) is 9.20. The van der Waals surface area contributed by atoms with Crippen molar-refractivity contribution in [2.45, 2.75) is 33.6 Å². The van der Waals surface area contributed by atoms with Crippen LogP contribution in [-0.2, 0) is 4.79 Å². The molecule has 82 valence electrons. The molecule has 1 rings (SSSR count). The van der Waals surface area contributed by atoms with E-state index in [2.05, 4.69) is 4.98 Å². The number of aromatic nitrogens is 1. The van der Waals surface area contributed by atoms with Crippen molar-refractivity contribution in [2.75, 3.05) is 0 Å². The first-order chi connectivity index (χ1) is 7.04. The van der Waals surface area contributed by atoms with E-state index < -0.39 is 0 Å². The molecular weight excluding hydrogens is 210 g/mol. The van der Waals surface area contributed by atoms with Gasteiger partial charge in [0.1, 0.15) is 5.76 Å². The van der Waals surface area contributed by atoms with Crippen LogP contribution in [0.5, 0.6) is 0 Å². The van der Waals surface area contributed by atoms with Crippen LogP contribution >= 0.6 is 11.3 Å². The third-order valence-electron chi connectivity index (χ3n) is 1.93. The van der Waals surface area contributed by atoms with E-state index >= 15 is 0 Å². The summed E-state index contributed by atoms with van der Waals surface area (Å²) in [5.74, 6) is -0.00277. The fourth-order valence-electron chi connectivity index (χ4n) is 1.31. The van der Waals surface area contributed by atoms with Crippen LogP contribution in [0.4, 0.5) is 0 Å². The van der Waals surface area contributed by atoms with Crippen LogP contribution in [0.25, 0.3) is 5.76 Å².